The number of fused-ring (bicyclic) bond motifs is 2. The summed E-state index contributed by atoms with van der Waals surface area (Å²) in [7, 11) is 0. The Morgan fingerprint density at radius 2 is 1.43 bits per heavy atom. The number of para-hydroxylation sites is 2. The summed E-state index contributed by atoms with van der Waals surface area (Å²) in [5.74, 6) is 0.232. The van der Waals surface area contributed by atoms with E-state index in [1.165, 1.54) is 16.7 Å². The number of benzene rings is 3. The minimum Gasteiger partial charge on any atom is -0.375 e. The predicted octanol–water partition coefficient (Wildman–Crippen LogP) is 6.31. The zero-order chi connectivity index (χ0) is 20.7. The summed E-state index contributed by atoms with van der Waals surface area (Å²) in [6, 6.07) is 25.1. The Hall–Kier alpha value is -3.20. The normalized spacial score (nSPS) is 22.9. The van der Waals surface area contributed by atoms with Crippen molar-refractivity contribution in [3.8, 4) is 0 Å². The zero-order valence-corrected chi connectivity index (χ0v) is 17.4. The van der Waals surface area contributed by atoms with E-state index in [0.717, 1.165) is 29.1 Å². The van der Waals surface area contributed by atoms with Crippen LogP contribution in [0.5, 0.6) is 0 Å². The minimum atomic E-state index is -0.234. The molecular weight excluding hydrogens is 368 g/mol. The van der Waals surface area contributed by atoms with Crippen LogP contribution < -0.4 is 5.32 Å². The molecule has 1 heterocycles. The molecule has 1 saturated carbocycles. The van der Waals surface area contributed by atoms with Crippen LogP contribution >= 0.6 is 0 Å². The van der Waals surface area contributed by atoms with Gasteiger partial charge in [-0.25, -0.2) is 0 Å². The summed E-state index contributed by atoms with van der Waals surface area (Å²) in [6.45, 7) is 4.18. The molecular formula is C27H26N2O. The number of hydrogen-bond acceptors (Lipinski definition) is 3. The lowest BCUT2D eigenvalue weighted by molar-refractivity contribution is -0.122. The fourth-order valence-corrected chi connectivity index (χ4v) is 4.72. The fourth-order valence-electron chi connectivity index (χ4n) is 4.72. The average molecular weight is 395 g/mol. The van der Waals surface area contributed by atoms with Crippen LogP contribution in [0.25, 0.3) is 0 Å². The van der Waals surface area contributed by atoms with Crippen molar-refractivity contribution >= 4 is 22.9 Å². The van der Waals surface area contributed by atoms with Gasteiger partial charge in [-0.15, -0.1) is 0 Å². The van der Waals surface area contributed by atoms with Crippen molar-refractivity contribution in [1.82, 2.24) is 0 Å². The van der Waals surface area contributed by atoms with E-state index in [1.807, 2.05) is 18.2 Å². The highest BCUT2D eigenvalue weighted by molar-refractivity contribution is 6.10. The van der Waals surface area contributed by atoms with Crippen molar-refractivity contribution in [1.29, 1.82) is 0 Å². The third kappa shape index (κ3) is 3.45. The number of carbonyl (C=O) groups excluding carboxylic acids is 1. The molecule has 1 aliphatic carbocycles. The largest absolute Gasteiger partial charge is 0.375 e. The van der Waals surface area contributed by atoms with Gasteiger partial charge in [0.2, 0.25) is 0 Å². The first kappa shape index (κ1) is 18.8. The molecule has 3 atom stereocenters. The lowest BCUT2D eigenvalue weighted by atomic mass is 9.72. The van der Waals surface area contributed by atoms with Gasteiger partial charge in [-0.3, -0.25) is 9.79 Å². The molecule has 150 valence electrons. The number of aryl methyl sites for hydroxylation is 2. The number of hydrogen-bond donors (Lipinski definition) is 1. The first-order valence-electron chi connectivity index (χ1n) is 10.7. The molecule has 0 spiro atoms. The monoisotopic (exact) mass is 394 g/mol. The molecule has 0 amide bonds. The maximum absolute atomic E-state index is 13.5. The number of Topliss-reactive ketones (excluding diaryl/α,β-unsaturated/α-hetero) is 1. The third-order valence-corrected chi connectivity index (χ3v) is 6.41. The maximum Gasteiger partial charge on any atom is 0.144 e. The highest BCUT2D eigenvalue weighted by Gasteiger charge is 2.41. The van der Waals surface area contributed by atoms with Crippen LogP contribution in [0.3, 0.4) is 0 Å². The van der Waals surface area contributed by atoms with Crippen molar-refractivity contribution in [3.05, 3.63) is 95.1 Å². The second-order valence-corrected chi connectivity index (χ2v) is 8.61. The Morgan fingerprint density at radius 1 is 0.800 bits per heavy atom. The van der Waals surface area contributed by atoms with Gasteiger partial charge in [0.05, 0.1) is 23.3 Å². The molecule has 0 radical (unpaired) electrons. The number of aliphatic imine (C=N–C) groups is 1. The molecule has 1 fully saturated rings. The van der Waals surface area contributed by atoms with Crippen LogP contribution in [0.1, 0.15) is 47.1 Å². The van der Waals surface area contributed by atoms with Gasteiger partial charge in [-0.2, -0.15) is 0 Å². The summed E-state index contributed by atoms with van der Waals surface area (Å²) >= 11 is 0. The number of anilines is 1. The van der Waals surface area contributed by atoms with Gasteiger partial charge >= 0.3 is 0 Å². The number of carbonyl (C=O) groups is 1. The molecule has 0 aromatic heterocycles. The SMILES string of the molecule is Cc1ccc([C@H]2CC(=O)C3C(=Nc4ccccc4N[C@H]3c3ccc(C)cc3)C2)cc1. The van der Waals surface area contributed by atoms with Crippen LogP contribution in [0, 0.1) is 19.8 Å². The van der Waals surface area contributed by atoms with Crippen LogP contribution in [0.15, 0.2) is 77.8 Å². The van der Waals surface area contributed by atoms with Crippen molar-refractivity contribution in [2.24, 2.45) is 10.9 Å². The van der Waals surface area contributed by atoms with Crippen molar-refractivity contribution in [3.63, 3.8) is 0 Å². The predicted molar refractivity (Wildman–Crippen MR) is 123 cm³/mol. The van der Waals surface area contributed by atoms with Crippen LogP contribution in [0.4, 0.5) is 11.4 Å². The second kappa shape index (κ2) is 7.56. The Bertz CT molecular complexity index is 1110. The fraction of sp³-hybridized carbons (Fsp3) is 0.259. The quantitative estimate of drug-likeness (QED) is 0.554. The van der Waals surface area contributed by atoms with E-state index in [2.05, 4.69) is 73.8 Å². The van der Waals surface area contributed by atoms with Crippen LogP contribution in [-0.2, 0) is 4.79 Å². The lowest BCUT2D eigenvalue weighted by Crippen LogP contribution is -2.38. The molecule has 3 heteroatoms. The van der Waals surface area contributed by atoms with E-state index < -0.39 is 0 Å². The average Bonchev–Trinajstić information content (AvgIpc) is 2.91. The zero-order valence-electron chi connectivity index (χ0n) is 17.4. The Kier molecular flexibility index (Phi) is 4.74. The Morgan fingerprint density at radius 3 is 2.13 bits per heavy atom. The molecule has 1 aliphatic heterocycles. The van der Waals surface area contributed by atoms with Gasteiger partial charge in [-0.1, -0.05) is 71.8 Å². The third-order valence-electron chi connectivity index (χ3n) is 6.41. The second-order valence-electron chi connectivity index (χ2n) is 8.61. The standard InChI is InChI=1S/C27H26N2O/c1-17-7-11-19(12-8-17)21-15-24-26(25(30)16-21)27(20-13-9-18(2)10-14-20)29-23-6-4-3-5-22(23)28-24/h3-14,21,26-27,29H,15-16H2,1-2H3/t21-,26?,27+/m1/s1. The van der Waals surface area contributed by atoms with E-state index in [9.17, 15) is 4.79 Å². The first-order valence-corrected chi connectivity index (χ1v) is 10.7. The molecule has 1 unspecified atom stereocenters. The molecule has 0 bridgehead atoms. The van der Waals surface area contributed by atoms with E-state index in [4.69, 9.17) is 4.99 Å². The van der Waals surface area contributed by atoms with Gasteiger partial charge in [0.1, 0.15) is 5.78 Å². The number of nitrogens with zero attached hydrogens (tertiary/aromatic N) is 1. The highest BCUT2D eigenvalue weighted by Crippen LogP contribution is 2.43. The lowest BCUT2D eigenvalue weighted by Gasteiger charge is -2.34. The van der Waals surface area contributed by atoms with Crippen molar-refractivity contribution < 1.29 is 4.79 Å². The molecule has 5 rings (SSSR count). The number of nitrogens with one attached hydrogen (secondary N) is 1. The molecule has 3 nitrogen and oxygen atoms in total. The van der Waals surface area contributed by atoms with Gasteiger partial charge in [-0.05, 0) is 49.4 Å². The maximum atomic E-state index is 13.5. The van der Waals surface area contributed by atoms with Gasteiger partial charge in [0.15, 0.2) is 0 Å². The van der Waals surface area contributed by atoms with E-state index in [0.29, 0.717) is 6.42 Å². The van der Waals surface area contributed by atoms with Gasteiger partial charge in [0.25, 0.3) is 0 Å². The van der Waals surface area contributed by atoms with E-state index in [-0.39, 0.29) is 23.7 Å². The van der Waals surface area contributed by atoms with Crippen LogP contribution in [-0.4, -0.2) is 11.5 Å². The molecule has 3 aromatic carbocycles. The van der Waals surface area contributed by atoms with Crippen molar-refractivity contribution in [2.75, 3.05) is 5.32 Å². The summed E-state index contributed by atoms with van der Waals surface area (Å²) in [5, 5.41) is 3.65. The summed E-state index contributed by atoms with van der Waals surface area (Å²) in [6.07, 6.45) is 1.38. The minimum absolute atomic E-state index is 0.0977. The smallest absolute Gasteiger partial charge is 0.144 e. The van der Waals surface area contributed by atoms with Crippen LogP contribution in [0.2, 0.25) is 0 Å². The van der Waals surface area contributed by atoms with Crippen molar-refractivity contribution in [2.45, 2.75) is 38.6 Å². The highest BCUT2D eigenvalue weighted by atomic mass is 16.1. The van der Waals surface area contributed by atoms with Gasteiger partial charge in [0, 0.05) is 12.1 Å². The molecule has 2 aliphatic rings. The Balaban J connectivity index is 1.58. The van der Waals surface area contributed by atoms with Gasteiger partial charge < -0.3 is 5.32 Å². The summed E-state index contributed by atoms with van der Waals surface area (Å²) in [4.78, 5) is 18.5. The first-order chi connectivity index (χ1) is 14.6. The van der Waals surface area contributed by atoms with E-state index in [1.54, 1.807) is 0 Å². The Labute approximate surface area is 177 Å². The topological polar surface area (TPSA) is 41.5 Å². The van der Waals surface area contributed by atoms with E-state index >= 15 is 0 Å². The molecule has 0 saturated heterocycles. The molecule has 30 heavy (non-hydrogen) atoms. The molecule has 3 aromatic rings. The summed E-state index contributed by atoms with van der Waals surface area (Å²) < 4.78 is 0. The number of ketones is 1. The summed E-state index contributed by atoms with van der Waals surface area (Å²) in [5.41, 5.74) is 7.73. The molecule has 1 N–H and O–H groups in total. The number of rotatable bonds is 2.